The van der Waals surface area contributed by atoms with Gasteiger partial charge >= 0.3 is 5.97 Å². The molecule has 0 spiro atoms. The summed E-state index contributed by atoms with van der Waals surface area (Å²) in [4.78, 5) is 36.7. The van der Waals surface area contributed by atoms with Crippen molar-refractivity contribution in [3.63, 3.8) is 0 Å². The number of carbonyl (C=O) groups excluding carboxylic acids is 2. The Balaban J connectivity index is 2.72. The van der Waals surface area contributed by atoms with Crippen LogP contribution in [0.1, 0.15) is 13.3 Å². The summed E-state index contributed by atoms with van der Waals surface area (Å²) < 4.78 is 0. The molecule has 0 aromatic carbocycles. The Morgan fingerprint density at radius 1 is 1.50 bits per heavy atom. The van der Waals surface area contributed by atoms with Crippen LogP contribution in [0.5, 0.6) is 0 Å². The van der Waals surface area contributed by atoms with Gasteiger partial charge in [0.1, 0.15) is 6.04 Å². The highest BCUT2D eigenvalue weighted by atomic mass is 16.4. The monoisotopic (exact) mass is 228 g/mol. The quantitative estimate of drug-likeness (QED) is 0.699. The molecule has 0 aromatic heterocycles. The maximum Gasteiger partial charge on any atom is 0.308 e. The topological polar surface area (TPSA) is 77.9 Å². The Hall–Kier alpha value is -1.59. The van der Waals surface area contributed by atoms with Crippen molar-refractivity contribution in [3.8, 4) is 0 Å². The number of amides is 2. The number of likely N-dealkylation sites (tertiary alicyclic amines) is 1. The fourth-order valence-corrected chi connectivity index (χ4v) is 1.78. The first-order valence-corrected chi connectivity index (χ1v) is 5.08. The van der Waals surface area contributed by atoms with Crippen LogP contribution >= 0.6 is 0 Å². The van der Waals surface area contributed by atoms with Crippen molar-refractivity contribution in [2.75, 3.05) is 20.6 Å². The lowest BCUT2D eigenvalue weighted by Crippen LogP contribution is -2.45. The largest absolute Gasteiger partial charge is 0.481 e. The Labute approximate surface area is 93.8 Å². The molecule has 1 saturated heterocycles. The third-order valence-corrected chi connectivity index (χ3v) is 2.77. The third kappa shape index (κ3) is 2.32. The van der Waals surface area contributed by atoms with Gasteiger partial charge < -0.3 is 14.9 Å². The van der Waals surface area contributed by atoms with Gasteiger partial charge in [-0.2, -0.15) is 0 Å². The summed E-state index contributed by atoms with van der Waals surface area (Å²) in [6, 6.07) is -0.591. The standard InChI is InChI=1S/C10H16N2O4/c1-6(9(14)11(2)3)12-5-7(10(15)16)4-8(12)13/h6-7H,4-5H2,1-3H3,(H,15,16). The Bertz CT molecular complexity index is 327. The average molecular weight is 228 g/mol. The van der Waals surface area contributed by atoms with E-state index in [0.717, 1.165) is 0 Å². The van der Waals surface area contributed by atoms with E-state index in [4.69, 9.17) is 5.11 Å². The predicted octanol–water partition coefficient (Wildman–Crippen LogP) is -0.604. The minimum absolute atomic E-state index is 0.0135. The van der Waals surface area contributed by atoms with Crippen LogP contribution in [0.15, 0.2) is 0 Å². The fourth-order valence-electron chi connectivity index (χ4n) is 1.78. The van der Waals surface area contributed by atoms with Crippen molar-refractivity contribution >= 4 is 17.8 Å². The molecular weight excluding hydrogens is 212 g/mol. The molecule has 0 saturated carbocycles. The van der Waals surface area contributed by atoms with E-state index in [-0.39, 0.29) is 24.8 Å². The molecule has 2 unspecified atom stereocenters. The van der Waals surface area contributed by atoms with E-state index >= 15 is 0 Å². The van der Waals surface area contributed by atoms with Crippen LogP contribution in [-0.2, 0) is 14.4 Å². The van der Waals surface area contributed by atoms with Crippen molar-refractivity contribution in [1.29, 1.82) is 0 Å². The van der Waals surface area contributed by atoms with E-state index in [2.05, 4.69) is 0 Å². The van der Waals surface area contributed by atoms with Crippen LogP contribution in [0.4, 0.5) is 0 Å². The van der Waals surface area contributed by atoms with Gasteiger partial charge in [0.15, 0.2) is 0 Å². The van der Waals surface area contributed by atoms with Crippen LogP contribution in [0, 0.1) is 5.92 Å². The molecule has 6 heteroatoms. The molecule has 1 aliphatic heterocycles. The minimum atomic E-state index is -0.986. The summed E-state index contributed by atoms with van der Waals surface area (Å²) in [6.07, 6.45) is -0.0135. The Kier molecular flexibility index (Phi) is 3.51. The molecule has 0 bridgehead atoms. The van der Waals surface area contributed by atoms with Gasteiger partial charge in [-0.25, -0.2) is 0 Å². The van der Waals surface area contributed by atoms with Gasteiger partial charge in [-0.05, 0) is 6.92 Å². The molecule has 1 aliphatic rings. The van der Waals surface area contributed by atoms with Gasteiger partial charge in [0.2, 0.25) is 11.8 Å². The number of carbonyl (C=O) groups is 3. The number of nitrogens with zero attached hydrogens (tertiary/aromatic N) is 2. The van der Waals surface area contributed by atoms with E-state index in [1.807, 2.05) is 0 Å². The molecule has 90 valence electrons. The lowest BCUT2D eigenvalue weighted by Gasteiger charge is -2.26. The van der Waals surface area contributed by atoms with Crippen LogP contribution in [-0.4, -0.2) is 59.4 Å². The molecule has 2 amide bonds. The van der Waals surface area contributed by atoms with Gasteiger partial charge in [-0.15, -0.1) is 0 Å². The highest BCUT2D eigenvalue weighted by molar-refractivity contribution is 5.91. The zero-order valence-corrected chi connectivity index (χ0v) is 9.64. The normalized spacial score (nSPS) is 22.1. The first kappa shape index (κ1) is 12.5. The highest BCUT2D eigenvalue weighted by Crippen LogP contribution is 2.20. The maximum atomic E-state index is 11.6. The van der Waals surface area contributed by atoms with Gasteiger partial charge in [0.25, 0.3) is 0 Å². The number of carboxylic acid groups (broad SMARTS) is 1. The number of rotatable bonds is 3. The van der Waals surface area contributed by atoms with Crippen LogP contribution in [0.2, 0.25) is 0 Å². The molecule has 2 atom stereocenters. The molecule has 0 radical (unpaired) electrons. The summed E-state index contributed by atoms with van der Waals surface area (Å²) in [7, 11) is 3.21. The second kappa shape index (κ2) is 4.51. The van der Waals surface area contributed by atoms with E-state index < -0.39 is 17.9 Å². The molecule has 0 aliphatic carbocycles. The van der Waals surface area contributed by atoms with E-state index in [9.17, 15) is 14.4 Å². The zero-order chi connectivity index (χ0) is 12.5. The van der Waals surface area contributed by atoms with Crippen molar-refractivity contribution in [3.05, 3.63) is 0 Å². The SMILES string of the molecule is CC(C(=O)N(C)C)N1CC(C(=O)O)CC1=O. The van der Waals surface area contributed by atoms with Crippen LogP contribution < -0.4 is 0 Å². The third-order valence-electron chi connectivity index (χ3n) is 2.77. The van der Waals surface area contributed by atoms with Crippen molar-refractivity contribution < 1.29 is 19.5 Å². The summed E-state index contributed by atoms with van der Waals surface area (Å²) >= 11 is 0. The highest BCUT2D eigenvalue weighted by Gasteiger charge is 2.38. The second-order valence-corrected chi connectivity index (χ2v) is 4.19. The number of likely N-dealkylation sites (N-methyl/N-ethyl adjacent to an activating group) is 1. The summed E-state index contributed by atoms with van der Waals surface area (Å²) in [6.45, 7) is 1.74. The molecule has 16 heavy (non-hydrogen) atoms. The summed E-state index contributed by atoms with van der Waals surface area (Å²) in [5.74, 6) is -2.14. The molecule has 1 fully saturated rings. The van der Waals surface area contributed by atoms with Crippen LogP contribution in [0.25, 0.3) is 0 Å². The minimum Gasteiger partial charge on any atom is -0.481 e. The zero-order valence-electron chi connectivity index (χ0n) is 9.64. The fraction of sp³-hybridized carbons (Fsp3) is 0.700. The predicted molar refractivity (Wildman–Crippen MR) is 55.6 cm³/mol. The number of carboxylic acids is 1. The van der Waals surface area contributed by atoms with Gasteiger partial charge in [-0.3, -0.25) is 14.4 Å². The maximum absolute atomic E-state index is 11.6. The lowest BCUT2D eigenvalue weighted by atomic mass is 10.1. The van der Waals surface area contributed by atoms with E-state index in [0.29, 0.717) is 0 Å². The summed E-state index contributed by atoms with van der Waals surface area (Å²) in [5.41, 5.74) is 0. The smallest absolute Gasteiger partial charge is 0.308 e. The van der Waals surface area contributed by atoms with Crippen molar-refractivity contribution in [2.45, 2.75) is 19.4 Å². The van der Waals surface area contributed by atoms with Crippen LogP contribution in [0.3, 0.4) is 0 Å². The molecule has 1 heterocycles. The van der Waals surface area contributed by atoms with Gasteiger partial charge in [0.05, 0.1) is 5.92 Å². The number of hydrogen-bond donors (Lipinski definition) is 1. The molecule has 1 rings (SSSR count). The van der Waals surface area contributed by atoms with Gasteiger partial charge in [-0.1, -0.05) is 0 Å². The molecule has 0 aromatic rings. The number of hydrogen-bond acceptors (Lipinski definition) is 3. The van der Waals surface area contributed by atoms with E-state index in [1.165, 1.54) is 9.80 Å². The molecular formula is C10H16N2O4. The molecule has 6 nitrogen and oxygen atoms in total. The average Bonchev–Trinajstić information content (AvgIpc) is 2.58. The number of aliphatic carboxylic acids is 1. The van der Waals surface area contributed by atoms with E-state index in [1.54, 1.807) is 21.0 Å². The van der Waals surface area contributed by atoms with Crippen molar-refractivity contribution in [2.24, 2.45) is 5.92 Å². The molecule has 1 N–H and O–H groups in total. The lowest BCUT2D eigenvalue weighted by molar-refractivity contribution is -0.142. The van der Waals surface area contributed by atoms with Crippen molar-refractivity contribution in [1.82, 2.24) is 9.80 Å². The summed E-state index contributed by atoms with van der Waals surface area (Å²) in [5, 5.41) is 8.80. The Morgan fingerprint density at radius 2 is 2.06 bits per heavy atom. The first-order chi connectivity index (χ1) is 7.34. The van der Waals surface area contributed by atoms with Gasteiger partial charge in [0, 0.05) is 27.1 Å². The second-order valence-electron chi connectivity index (χ2n) is 4.19. The first-order valence-electron chi connectivity index (χ1n) is 5.08. The Morgan fingerprint density at radius 3 is 2.44 bits per heavy atom.